The number of pyridine rings is 1. The predicted octanol–water partition coefficient (Wildman–Crippen LogP) is 3.03. The molecule has 2 N–H and O–H groups in total. The second-order valence-corrected chi connectivity index (χ2v) is 9.43. The Morgan fingerprint density at radius 2 is 1.77 bits per heavy atom. The van der Waals surface area contributed by atoms with Crippen LogP contribution in [0.2, 0.25) is 0 Å². The molecule has 3 heterocycles. The average molecular weight is 445 g/mol. The summed E-state index contributed by atoms with van der Waals surface area (Å²) in [5.41, 5.74) is 1.38. The summed E-state index contributed by atoms with van der Waals surface area (Å²) >= 11 is 1.14. The number of morpholine rings is 1. The highest BCUT2D eigenvalue weighted by Gasteiger charge is 2.16. The van der Waals surface area contributed by atoms with E-state index in [1.807, 2.05) is 6.07 Å². The van der Waals surface area contributed by atoms with Gasteiger partial charge in [-0.3, -0.25) is 9.52 Å². The van der Waals surface area contributed by atoms with E-state index in [2.05, 4.69) is 19.9 Å². The third-order valence-corrected chi connectivity index (χ3v) is 7.28. The van der Waals surface area contributed by atoms with E-state index in [0.717, 1.165) is 30.2 Å². The Bertz CT molecular complexity index is 1090. The Balaban J connectivity index is 1.38. The van der Waals surface area contributed by atoms with E-state index >= 15 is 0 Å². The van der Waals surface area contributed by atoms with Gasteiger partial charge in [-0.25, -0.2) is 13.4 Å². The number of benzene rings is 1. The smallest absolute Gasteiger partial charge is 0.271 e. The number of hydrogen-bond acceptors (Lipinski definition) is 7. The summed E-state index contributed by atoms with van der Waals surface area (Å²) in [6.07, 6.45) is 1.62. The van der Waals surface area contributed by atoms with Crippen LogP contribution in [0.5, 0.6) is 0 Å². The van der Waals surface area contributed by atoms with E-state index in [4.69, 9.17) is 4.74 Å². The maximum atomic E-state index is 12.5. The van der Waals surface area contributed by atoms with Gasteiger partial charge in [0.2, 0.25) is 0 Å². The summed E-state index contributed by atoms with van der Waals surface area (Å²) in [5, 5.41) is 4.50. The lowest BCUT2D eigenvalue weighted by Gasteiger charge is -2.27. The van der Waals surface area contributed by atoms with Crippen LogP contribution in [0.3, 0.4) is 0 Å². The Kier molecular flexibility index (Phi) is 5.98. The summed E-state index contributed by atoms with van der Waals surface area (Å²) in [4.78, 5) is 19.0. The zero-order chi connectivity index (χ0) is 21.0. The van der Waals surface area contributed by atoms with Gasteiger partial charge in [0.05, 0.1) is 25.1 Å². The Morgan fingerprint density at radius 3 is 2.40 bits per heavy atom. The van der Waals surface area contributed by atoms with Gasteiger partial charge < -0.3 is 15.0 Å². The van der Waals surface area contributed by atoms with Gasteiger partial charge in [0, 0.05) is 24.3 Å². The first-order chi connectivity index (χ1) is 14.5. The number of aromatic nitrogens is 1. The molecule has 10 heteroatoms. The van der Waals surface area contributed by atoms with Crippen molar-refractivity contribution >= 4 is 44.5 Å². The molecule has 0 unspecified atom stereocenters. The van der Waals surface area contributed by atoms with Gasteiger partial charge in [-0.05, 0) is 47.8 Å². The third kappa shape index (κ3) is 4.78. The first-order valence-electron chi connectivity index (χ1n) is 9.28. The fourth-order valence-electron chi connectivity index (χ4n) is 2.95. The fourth-order valence-corrected chi connectivity index (χ4v) is 5.01. The summed E-state index contributed by atoms with van der Waals surface area (Å²) in [5.74, 6) is 0.544. The largest absolute Gasteiger partial charge is 0.378 e. The van der Waals surface area contributed by atoms with Crippen molar-refractivity contribution in [2.75, 3.05) is 41.2 Å². The monoisotopic (exact) mass is 444 g/mol. The minimum absolute atomic E-state index is 0.234. The first kappa shape index (κ1) is 20.3. The van der Waals surface area contributed by atoms with E-state index in [9.17, 15) is 13.2 Å². The molecule has 1 aliphatic rings. The summed E-state index contributed by atoms with van der Waals surface area (Å²) < 4.78 is 32.6. The number of rotatable bonds is 6. The molecular formula is C20H20N4O4S2. The number of ether oxygens (including phenoxy) is 1. The van der Waals surface area contributed by atoms with E-state index < -0.39 is 10.0 Å². The number of nitrogens with one attached hydrogen (secondary N) is 2. The molecule has 1 amide bonds. The minimum Gasteiger partial charge on any atom is -0.378 e. The minimum atomic E-state index is -3.62. The zero-order valence-corrected chi connectivity index (χ0v) is 17.6. The maximum absolute atomic E-state index is 12.5. The van der Waals surface area contributed by atoms with Crippen LogP contribution in [0.1, 0.15) is 10.4 Å². The van der Waals surface area contributed by atoms with Crippen molar-refractivity contribution in [3.8, 4) is 0 Å². The van der Waals surface area contributed by atoms with E-state index in [0.29, 0.717) is 30.2 Å². The van der Waals surface area contributed by atoms with Crippen LogP contribution in [-0.2, 0) is 14.8 Å². The number of carbonyl (C=O) groups excluding carboxylic acids is 1. The SMILES string of the molecule is O=C(Nc1ccc(N2CCOCC2)nc1)c1ccc(NS(=O)(=O)c2cccs2)cc1. The van der Waals surface area contributed by atoms with Crippen LogP contribution < -0.4 is 14.9 Å². The molecule has 1 aromatic carbocycles. The van der Waals surface area contributed by atoms with Crippen molar-refractivity contribution in [1.29, 1.82) is 0 Å². The van der Waals surface area contributed by atoms with Crippen molar-refractivity contribution < 1.29 is 17.9 Å². The Morgan fingerprint density at radius 1 is 1.03 bits per heavy atom. The molecule has 4 rings (SSSR count). The molecule has 30 heavy (non-hydrogen) atoms. The quantitative estimate of drug-likeness (QED) is 0.606. The van der Waals surface area contributed by atoms with E-state index in [-0.39, 0.29) is 10.1 Å². The molecule has 0 spiro atoms. The lowest BCUT2D eigenvalue weighted by atomic mass is 10.2. The molecule has 0 aliphatic carbocycles. The van der Waals surface area contributed by atoms with Gasteiger partial charge in [0.15, 0.2) is 0 Å². The van der Waals surface area contributed by atoms with Crippen LogP contribution in [0.25, 0.3) is 0 Å². The summed E-state index contributed by atoms with van der Waals surface area (Å²) in [7, 11) is -3.62. The number of hydrogen-bond donors (Lipinski definition) is 2. The van der Waals surface area contributed by atoms with Gasteiger partial charge in [0.25, 0.3) is 15.9 Å². The van der Waals surface area contributed by atoms with Crippen molar-refractivity contribution in [2.45, 2.75) is 4.21 Å². The highest BCUT2D eigenvalue weighted by atomic mass is 32.2. The van der Waals surface area contributed by atoms with Gasteiger partial charge in [-0.2, -0.15) is 0 Å². The van der Waals surface area contributed by atoms with Crippen LogP contribution >= 0.6 is 11.3 Å². The van der Waals surface area contributed by atoms with Crippen molar-refractivity contribution in [3.63, 3.8) is 0 Å². The highest BCUT2D eigenvalue weighted by Crippen LogP contribution is 2.21. The Hall–Kier alpha value is -2.95. The number of nitrogens with zero attached hydrogens (tertiary/aromatic N) is 2. The van der Waals surface area contributed by atoms with Gasteiger partial charge >= 0.3 is 0 Å². The lowest BCUT2D eigenvalue weighted by Crippen LogP contribution is -2.36. The van der Waals surface area contributed by atoms with Crippen molar-refractivity contribution in [2.24, 2.45) is 0 Å². The predicted molar refractivity (Wildman–Crippen MR) is 117 cm³/mol. The maximum Gasteiger partial charge on any atom is 0.271 e. The van der Waals surface area contributed by atoms with Crippen LogP contribution in [0.4, 0.5) is 17.2 Å². The second kappa shape index (κ2) is 8.82. The molecule has 1 saturated heterocycles. The van der Waals surface area contributed by atoms with Crippen molar-refractivity contribution in [1.82, 2.24) is 4.98 Å². The number of carbonyl (C=O) groups is 1. The molecule has 1 aliphatic heterocycles. The van der Waals surface area contributed by atoms with Crippen LogP contribution in [0.15, 0.2) is 64.3 Å². The summed E-state index contributed by atoms with van der Waals surface area (Å²) in [6.45, 7) is 2.95. The molecule has 156 valence electrons. The number of amides is 1. The standard InChI is InChI=1S/C20H20N4O4S2/c25-20(22-17-7-8-18(21-14-17)24-9-11-28-12-10-24)15-3-5-16(6-4-15)23-30(26,27)19-2-1-13-29-19/h1-8,13-14,23H,9-12H2,(H,22,25). The molecule has 2 aromatic heterocycles. The van der Waals surface area contributed by atoms with Crippen LogP contribution in [-0.4, -0.2) is 45.6 Å². The first-order valence-corrected chi connectivity index (χ1v) is 11.6. The molecule has 3 aromatic rings. The molecule has 1 fully saturated rings. The van der Waals surface area contributed by atoms with Crippen LogP contribution in [0, 0.1) is 0 Å². The topological polar surface area (TPSA) is 101 Å². The second-order valence-electron chi connectivity index (χ2n) is 6.57. The van der Waals surface area contributed by atoms with Crippen molar-refractivity contribution in [3.05, 3.63) is 65.7 Å². The molecule has 0 bridgehead atoms. The normalized spacial score (nSPS) is 14.3. The molecular weight excluding hydrogens is 424 g/mol. The van der Waals surface area contributed by atoms with Gasteiger partial charge in [0.1, 0.15) is 10.0 Å². The molecule has 8 nitrogen and oxygen atoms in total. The third-order valence-electron chi connectivity index (χ3n) is 4.50. The number of anilines is 3. The molecule has 0 radical (unpaired) electrons. The number of thiophene rings is 1. The van der Waals surface area contributed by atoms with Gasteiger partial charge in [-0.1, -0.05) is 6.07 Å². The van der Waals surface area contributed by atoms with Gasteiger partial charge in [-0.15, -0.1) is 11.3 Å². The fraction of sp³-hybridized carbons (Fsp3) is 0.200. The number of sulfonamides is 1. The molecule has 0 atom stereocenters. The molecule has 0 saturated carbocycles. The van der Waals surface area contributed by atoms with E-state index in [1.165, 1.54) is 6.07 Å². The average Bonchev–Trinajstić information content (AvgIpc) is 3.31. The van der Waals surface area contributed by atoms with E-state index in [1.54, 1.807) is 48.0 Å². The highest BCUT2D eigenvalue weighted by molar-refractivity contribution is 7.94. The lowest BCUT2D eigenvalue weighted by molar-refractivity contribution is 0.102. The zero-order valence-electron chi connectivity index (χ0n) is 15.9. The summed E-state index contributed by atoms with van der Waals surface area (Å²) in [6, 6.07) is 13.1. The Labute approximate surface area is 178 Å².